The predicted octanol–water partition coefficient (Wildman–Crippen LogP) is 2.66. The highest BCUT2D eigenvalue weighted by atomic mass is 16.2. The minimum atomic E-state index is 0.210. The number of hydrogen-bond donors (Lipinski definition) is 1. The first-order valence-corrected chi connectivity index (χ1v) is 7.21. The lowest BCUT2D eigenvalue weighted by molar-refractivity contribution is -0.130. The molecule has 3 heteroatoms. The summed E-state index contributed by atoms with van der Waals surface area (Å²) in [6.45, 7) is 7.51. The maximum Gasteiger partial charge on any atom is 0.236 e. The summed E-state index contributed by atoms with van der Waals surface area (Å²) in [6.07, 6.45) is 2.35. The molecule has 0 heterocycles. The molecule has 0 aliphatic heterocycles. The van der Waals surface area contributed by atoms with Crippen molar-refractivity contribution in [3.05, 3.63) is 35.4 Å². The number of nitrogens with one attached hydrogen (secondary N) is 1. The van der Waals surface area contributed by atoms with Gasteiger partial charge in [0, 0.05) is 18.6 Å². The van der Waals surface area contributed by atoms with Crippen LogP contribution in [0, 0.1) is 6.92 Å². The normalized spacial score (nSPS) is 16.2. The van der Waals surface area contributed by atoms with Crippen LogP contribution in [0.4, 0.5) is 0 Å². The summed E-state index contributed by atoms with van der Waals surface area (Å²) < 4.78 is 0. The molecule has 0 radical (unpaired) electrons. The fourth-order valence-corrected chi connectivity index (χ4v) is 2.42. The number of hydrogen-bond acceptors (Lipinski definition) is 2. The van der Waals surface area contributed by atoms with Gasteiger partial charge in [-0.3, -0.25) is 4.79 Å². The first-order valence-electron chi connectivity index (χ1n) is 7.21. The first kappa shape index (κ1) is 14.1. The average Bonchev–Trinajstić information content (AvgIpc) is 3.21. The van der Waals surface area contributed by atoms with Crippen molar-refractivity contribution in [1.29, 1.82) is 0 Å². The van der Waals surface area contributed by atoms with Gasteiger partial charge in [0.2, 0.25) is 5.91 Å². The van der Waals surface area contributed by atoms with Crippen molar-refractivity contribution in [3.63, 3.8) is 0 Å². The molecule has 3 nitrogen and oxygen atoms in total. The van der Waals surface area contributed by atoms with Crippen molar-refractivity contribution in [2.75, 3.05) is 13.1 Å². The van der Waals surface area contributed by atoms with Crippen LogP contribution in [0.25, 0.3) is 0 Å². The summed E-state index contributed by atoms with van der Waals surface area (Å²) >= 11 is 0. The number of carbonyl (C=O) groups excluding carboxylic acids is 1. The Kier molecular flexibility index (Phi) is 4.59. The van der Waals surface area contributed by atoms with Gasteiger partial charge in [-0.25, -0.2) is 0 Å². The van der Waals surface area contributed by atoms with Crippen LogP contribution in [0.2, 0.25) is 0 Å². The molecular weight excluding hydrogens is 236 g/mol. The quantitative estimate of drug-likeness (QED) is 0.853. The molecule has 1 saturated carbocycles. The molecule has 104 valence electrons. The van der Waals surface area contributed by atoms with E-state index in [0.29, 0.717) is 12.6 Å². The van der Waals surface area contributed by atoms with Crippen LogP contribution in [-0.4, -0.2) is 29.9 Å². The number of benzene rings is 1. The third kappa shape index (κ3) is 3.80. The van der Waals surface area contributed by atoms with Gasteiger partial charge in [0.15, 0.2) is 0 Å². The highest BCUT2D eigenvalue weighted by molar-refractivity contribution is 5.79. The van der Waals surface area contributed by atoms with Crippen molar-refractivity contribution >= 4 is 5.91 Å². The Morgan fingerprint density at radius 2 is 2.21 bits per heavy atom. The highest BCUT2D eigenvalue weighted by Gasteiger charge is 2.31. The van der Waals surface area contributed by atoms with Gasteiger partial charge in [-0.15, -0.1) is 0 Å². The molecular formula is C16H24N2O. The van der Waals surface area contributed by atoms with E-state index in [9.17, 15) is 4.79 Å². The lowest BCUT2D eigenvalue weighted by atomic mass is 10.1. The molecule has 1 N–H and O–H groups in total. The first-order chi connectivity index (χ1) is 9.11. The van der Waals surface area contributed by atoms with Gasteiger partial charge < -0.3 is 10.2 Å². The third-order valence-electron chi connectivity index (χ3n) is 3.75. The second-order valence-corrected chi connectivity index (χ2v) is 5.43. The monoisotopic (exact) mass is 260 g/mol. The van der Waals surface area contributed by atoms with E-state index in [-0.39, 0.29) is 11.9 Å². The average molecular weight is 260 g/mol. The molecule has 0 unspecified atom stereocenters. The molecule has 0 saturated heterocycles. The molecule has 1 fully saturated rings. The summed E-state index contributed by atoms with van der Waals surface area (Å²) in [6, 6.07) is 9.14. The second-order valence-electron chi connectivity index (χ2n) is 5.43. The molecule has 1 amide bonds. The molecule has 2 rings (SSSR count). The van der Waals surface area contributed by atoms with Crippen LogP contribution in [0.3, 0.4) is 0 Å². The van der Waals surface area contributed by atoms with Gasteiger partial charge in [0.1, 0.15) is 0 Å². The Morgan fingerprint density at radius 3 is 2.79 bits per heavy atom. The Bertz CT molecular complexity index is 440. The van der Waals surface area contributed by atoms with E-state index in [1.807, 2.05) is 4.90 Å². The molecule has 0 bridgehead atoms. The molecule has 0 spiro atoms. The molecule has 1 aromatic carbocycles. The van der Waals surface area contributed by atoms with Crippen LogP contribution in [0.5, 0.6) is 0 Å². The van der Waals surface area contributed by atoms with Crippen LogP contribution in [0.15, 0.2) is 24.3 Å². The van der Waals surface area contributed by atoms with E-state index in [1.165, 1.54) is 24.0 Å². The Morgan fingerprint density at radius 1 is 1.47 bits per heavy atom. The second kappa shape index (κ2) is 6.20. The predicted molar refractivity (Wildman–Crippen MR) is 78.0 cm³/mol. The molecule has 1 aromatic rings. The van der Waals surface area contributed by atoms with Gasteiger partial charge >= 0.3 is 0 Å². The number of carbonyl (C=O) groups is 1. The van der Waals surface area contributed by atoms with Crippen molar-refractivity contribution in [2.45, 2.75) is 45.7 Å². The van der Waals surface area contributed by atoms with E-state index in [2.05, 4.69) is 50.4 Å². The van der Waals surface area contributed by atoms with Crippen molar-refractivity contribution in [3.8, 4) is 0 Å². The summed E-state index contributed by atoms with van der Waals surface area (Å²) in [5.41, 5.74) is 2.49. The fraction of sp³-hybridized carbons (Fsp3) is 0.562. The van der Waals surface area contributed by atoms with Crippen LogP contribution in [0.1, 0.15) is 43.9 Å². The number of amides is 1. The molecule has 19 heavy (non-hydrogen) atoms. The molecule has 0 aromatic heterocycles. The van der Waals surface area contributed by atoms with Gasteiger partial charge in [-0.2, -0.15) is 0 Å². The topological polar surface area (TPSA) is 32.3 Å². The number of likely N-dealkylation sites (N-methyl/N-ethyl adjacent to an activating group) is 1. The van der Waals surface area contributed by atoms with E-state index < -0.39 is 0 Å². The van der Waals surface area contributed by atoms with E-state index >= 15 is 0 Å². The summed E-state index contributed by atoms with van der Waals surface area (Å²) in [5, 5.41) is 3.33. The minimum Gasteiger partial charge on any atom is -0.339 e. The zero-order valence-corrected chi connectivity index (χ0v) is 12.1. The maximum atomic E-state index is 12.1. The largest absolute Gasteiger partial charge is 0.339 e. The summed E-state index contributed by atoms with van der Waals surface area (Å²) in [7, 11) is 0. The van der Waals surface area contributed by atoms with Crippen molar-refractivity contribution in [2.24, 2.45) is 0 Å². The minimum absolute atomic E-state index is 0.210. The van der Waals surface area contributed by atoms with Crippen molar-refractivity contribution < 1.29 is 4.79 Å². The Hall–Kier alpha value is -1.35. The third-order valence-corrected chi connectivity index (χ3v) is 3.75. The van der Waals surface area contributed by atoms with E-state index in [1.54, 1.807) is 0 Å². The van der Waals surface area contributed by atoms with Gasteiger partial charge in [-0.1, -0.05) is 29.8 Å². The number of nitrogens with zero attached hydrogens (tertiary/aromatic N) is 1. The van der Waals surface area contributed by atoms with Gasteiger partial charge in [0.25, 0.3) is 0 Å². The van der Waals surface area contributed by atoms with E-state index in [0.717, 1.165) is 6.54 Å². The van der Waals surface area contributed by atoms with Crippen LogP contribution >= 0.6 is 0 Å². The Labute approximate surface area is 116 Å². The smallest absolute Gasteiger partial charge is 0.236 e. The maximum absolute atomic E-state index is 12.1. The summed E-state index contributed by atoms with van der Waals surface area (Å²) in [5.74, 6) is 0.226. The molecule has 1 aliphatic carbocycles. The lowest BCUT2D eigenvalue weighted by Gasteiger charge is -2.22. The van der Waals surface area contributed by atoms with Gasteiger partial charge in [0.05, 0.1) is 6.54 Å². The van der Waals surface area contributed by atoms with Crippen LogP contribution in [-0.2, 0) is 4.79 Å². The highest BCUT2D eigenvalue weighted by Crippen LogP contribution is 2.26. The lowest BCUT2D eigenvalue weighted by Crippen LogP contribution is -2.40. The van der Waals surface area contributed by atoms with Gasteiger partial charge in [-0.05, 0) is 39.2 Å². The molecule has 1 aliphatic rings. The zero-order valence-electron chi connectivity index (χ0n) is 12.1. The van der Waals surface area contributed by atoms with Crippen molar-refractivity contribution in [1.82, 2.24) is 10.2 Å². The molecule has 1 atom stereocenters. The number of rotatable bonds is 6. The number of aryl methyl sites for hydroxylation is 1. The van der Waals surface area contributed by atoms with Crippen LogP contribution < -0.4 is 5.32 Å². The zero-order chi connectivity index (χ0) is 13.8. The SMILES string of the molecule is CCN(C(=O)CN[C@H](C)c1cccc(C)c1)C1CC1. The standard InChI is InChI=1S/C16H24N2O/c1-4-18(15-8-9-15)16(19)11-17-13(3)14-7-5-6-12(2)10-14/h5-7,10,13,15,17H,4,8-9,11H2,1-3H3/t13-/m1/s1. The van der Waals surface area contributed by atoms with E-state index in [4.69, 9.17) is 0 Å². The Balaban J connectivity index is 1.85. The fourth-order valence-electron chi connectivity index (χ4n) is 2.42. The summed E-state index contributed by atoms with van der Waals surface area (Å²) in [4.78, 5) is 14.1.